The van der Waals surface area contributed by atoms with E-state index in [0.717, 1.165) is 46.7 Å². The molecule has 1 aromatic heterocycles. The Morgan fingerprint density at radius 1 is 1.21 bits per heavy atom. The highest BCUT2D eigenvalue weighted by molar-refractivity contribution is 7.16. The molecule has 2 atom stereocenters. The number of fused-ring (bicyclic) bond motifs is 2. The smallest absolute Gasteiger partial charge is 0.328 e. The van der Waals surface area contributed by atoms with E-state index >= 15 is 0 Å². The second-order valence-corrected chi connectivity index (χ2v) is 9.69. The molecule has 9 nitrogen and oxygen atoms in total. The highest BCUT2D eigenvalue weighted by Gasteiger charge is 2.50. The first kappa shape index (κ1) is 22.1. The van der Waals surface area contributed by atoms with E-state index in [4.69, 9.17) is 4.74 Å². The van der Waals surface area contributed by atoms with Crippen LogP contribution in [0.3, 0.4) is 0 Å². The molecule has 0 N–H and O–H groups in total. The van der Waals surface area contributed by atoms with Crippen LogP contribution in [0.5, 0.6) is 5.75 Å². The van der Waals surface area contributed by atoms with E-state index in [2.05, 4.69) is 16.1 Å². The van der Waals surface area contributed by atoms with Gasteiger partial charge in [-0.25, -0.2) is 14.8 Å². The van der Waals surface area contributed by atoms with Crippen molar-refractivity contribution in [3.63, 3.8) is 0 Å². The van der Waals surface area contributed by atoms with Crippen molar-refractivity contribution in [2.24, 2.45) is 9.98 Å². The van der Waals surface area contributed by atoms with Crippen molar-refractivity contribution in [1.29, 1.82) is 5.26 Å². The number of nitrogens with zero attached hydrogens (tertiary/aromatic N) is 6. The number of thiophene rings is 1. The predicted molar refractivity (Wildman–Crippen MR) is 129 cm³/mol. The number of amides is 3. The number of carbonyl (C=O) groups excluding carboxylic acids is 2. The van der Waals surface area contributed by atoms with Gasteiger partial charge in [-0.15, -0.1) is 11.3 Å². The molecule has 3 heterocycles. The number of urea groups is 1. The number of imide groups is 1. The van der Waals surface area contributed by atoms with Crippen molar-refractivity contribution < 1.29 is 14.3 Å². The van der Waals surface area contributed by atoms with Crippen molar-refractivity contribution in [3.05, 3.63) is 45.8 Å². The highest BCUT2D eigenvalue weighted by Crippen LogP contribution is 2.39. The van der Waals surface area contributed by atoms with Gasteiger partial charge < -0.3 is 14.5 Å². The Labute approximate surface area is 201 Å². The van der Waals surface area contributed by atoms with E-state index in [1.54, 1.807) is 42.6 Å². The highest BCUT2D eigenvalue weighted by atomic mass is 32.1. The fourth-order valence-electron chi connectivity index (χ4n) is 4.58. The molecular formula is C24H24N6O3S. The maximum Gasteiger partial charge on any atom is 0.328 e. The summed E-state index contributed by atoms with van der Waals surface area (Å²) in [4.78, 5) is 39.5. The van der Waals surface area contributed by atoms with Gasteiger partial charge in [0.25, 0.3) is 11.9 Å². The number of hydrogen-bond donors (Lipinski definition) is 0. The standard InChI is InChI=1S/C24H24N6O3S/c1-28-19-20(29(2)24(32)30(3)22(19)31)27-23(28)33-15-8-6-7-14(11-15)13-26-21-17(12-25)16-9-4-5-10-18(16)34-21/h6-8,11,13,19-20H,4-5,9-10H2,1-3H3/t19-,20-/m0/s1. The number of rotatable bonds is 3. The molecule has 3 amide bonds. The molecule has 174 valence electrons. The number of hydrogen-bond acceptors (Lipinski definition) is 8. The van der Waals surface area contributed by atoms with Crippen molar-refractivity contribution in [2.75, 3.05) is 21.1 Å². The molecule has 10 heteroatoms. The van der Waals surface area contributed by atoms with E-state index in [0.29, 0.717) is 11.3 Å². The Hall–Kier alpha value is -3.71. The first-order valence-electron chi connectivity index (χ1n) is 11.1. The Morgan fingerprint density at radius 2 is 2.00 bits per heavy atom. The van der Waals surface area contributed by atoms with Crippen LogP contribution in [-0.2, 0) is 17.6 Å². The number of ether oxygens (including phenoxy) is 1. The SMILES string of the molecule is CN1C(=O)[C@@H]2[C@@H](N=C(Oc3cccc(C=Nc4sc5c(c4C#N)CCCC5)c3)N2C)N(C)C1=O. The fourth-order valence-corrected chi connectivity index (χ4v) is 5.76. The van der Waals surface area contributed by atoms with Crippen LogP contribution in [0.1, 0.15) is 34.4 Å². The zero-order chi connectivity index (χ0) is 24.0. The molecule has 2 aliphatic heterocycles. The summed E-state index contributed by atoms with van der Waals surface area (Å²) >= 11 is 1.60. The molecule has 0 spiro atoms. The summed E-state index contributed by atoms with van der Waals surface area (Å²) in [7, 11) is 4.82. The third-order valence-corrected chi connectivity index (χ3v) is 7.68. The van der Waals surface area contributed by atoms with Crippen LogP contribution in [-0.4, -0.2) is 72.2 Å². The van der Waals surface area contributed by atoms with Crippen molar-refractivity contribution in [1.82, 2.24) is 14.7 Å². The average molecular weight is 477 g/mol. The molecule has 0 saturated carbocycles. The van der Waals surface area contributed by atoms with Gasteiger partial charge in [-0.2, -0.15) is 5.26 Å². The summed E-state index contributed by atoms with van der Waals surface area (Å²) in [5.41, 5.74) is 2.67. The van der Waals surface area contributed by atoms with Crippen LogP contribution in [0.4, 0.5) is 9.80 Å². The third kappa shape index (κ3) is 3.62. The second-order valence-electron chi connectivity index (χ2n) is 8.61. The fraction of sp³-hybridized carbons (Fsp3) is 0.375. The Balaban J connectivity index is 1.36. The van der Waals surface area contributed by atoms with Gasteiger partial charge in [0, 0.05) is 32.2 Å². The molecule has 1 aromatic carbocycles. The van der Waals surface area contributed by atoms with Crippen LogP contribution in [0.2, 0.25) is 0 Å². The number of likely N-dealkylation sites (N-methyl/N-ethyl adjacent to an activating group) is 3. The maximum atomic E-state index is 12.6. The molecule has 1 aliphatic carbocycles. The van der Waals surface area contributed by atoms with Crippen LogP contribution in [0.25, 0.3) is 0 Å². The molecule has 0 radical (unpaired) electrons. The Kier molecular flexibility index (Phi) is 5.57. The van der Waals surface area contributed by atoms with Crippen molar-refractivity contribution in [3.8, 4) is 11.8 Å². The monoisotopic (exact) mass is 476 g/mol. The number of carbonyl (C=O) groups is 2. The van der Waals surface area contributed by atoms with Crippen LogP contribution >= 0.6 is 11.3 Å². The number of amidine groups is 1. The lowest BCUT2D eigenvalue weighted by Gasteiger charge is -2.38. The number of nitriles is 1. The van der Waals surface area contributed by atoms with Gasteiger partial charge in [-0.05, 0) is 48.9 Å². The largest absolute Gasteiger partial charge is 0.426 e. The second kappa shape index (κ2) is 8.57. The summed E-state index contributed by atoms with van der Waals surface area (Å²) in [5, 5.41) is 10.4. The molecule has 3 aliphatic rings. The molecular weight excluding hydrogens is 452 g/mol. The zero-order valence-corrected chi connectivity index (χ0v) is 20.0. The molecule has 1 fully saturated rings. The van der Waals surface area contributed by atoms with E-state index in [9.17, 15) is 14.9 Å². The van der Waals surface area contributed by atoms with Crippen molar-refractivity contribution >= 4 is 40.5 Å². The minimum absolute atomic E-state index is 0.269. The molecule has 34 heavy (non-hydrogen) atoms. The Morgan fingerprint density at radius 3 is 2.79 bits per heavy atom. The topological polar surface area (TPSA) is 102 Å². The van der Waals surface area contributed by atoms with Gasteiger partial charge in [-0.3, -0.25) is 9.69 Å². The van der Waals surface area contributed by atoms with E-state index in [1.165, 1.54) is 16.8 Å². The lowest BCUT2D eigenvalue weighted by Crippen LogP contribution is -2.63. The number of aryl methyl sites for hydroxylation is 1. The van der Waals surface area contributed by atoms with Crippen molar-refractivity contribution in [2.45, 2.75) is 37.9 Å². The van der Waals surface area contributed by atoms with E-state index in [-0.39, 0.29) is 11.9 Å². The summed E-state index contributed by atoms with van der Waals surface area (Å²) in [5.74, 6) is 0.222. The summed E-state index contributed by atoms with van der Waals surface area (Å²) < 4.78 is 6.01. The number of benzene rings is 1. The van der Waals surface area contributed by atoms with Crippen LogP contribution < -0.4 is 4.74 Å². The first-order chi connectivity index (χ1) is 16.4. The molecule has 5 rings (SSSR count). The van der Waals surface area contributed by atoms with Crippen LogP contribution in [0.15, 0.2) is 34.3 Å². The third-order valence-electron chi connectivity index (χ3n) is 6.48. The van der Waals surface area contributed by atoms with Gasteiger partial charge >= 0.3 is 6.03 Å². The normalized spacial score (nSPS) is 22.1. The lowest BCUT2D eigenvalue weighted by atomic mass is 9.96. The van der Waals surface area contributed by atoms with Crippen LogP contribution in [0, 0.1) is 11.3 Å². The molecule has 0 bridgehead atoms. The van der Waals surface area contributed by atoms with Gasteiger partial charge in [0.05, 0.1) is 5.56 Å². The molecule has 0 unspecified atom stereocenters. The lowest BCUT2D eigenvalue weighted by molar-refractivity contribution is -0.135. The van der Waals surface area contributed by atoms with E-state index < -0.39 is 18.2 Å². The van der Waals surface area contributed by atoms with Gasteiger partial charge in [-0.1, -0.05) is 12.1 Å². The van der Waals surface area contributed by atoms with Gasteiger partial charge in [0.15, 0.2) is 12.2 Å². The van der Waals surface area contributed by atoms with Gasteiger partial charge in [0.1, 0.15) is 16.8 Å². The van der Waals surface area contributed by atoms with E-state index in [1.807, 2.05) is 18.2 Å². The summed E-state index contributed by atoms with van der Waals surface area (Å²) in [6, 6.07) is 8.95. The Bertz CT molecular complexity index is 1280. The summed E-state index contributed by atoms with van der Waals surface area (Å²) in [6.07, 6.45) is 5.35. The minimum atomic E-state index is -0.629. The molecule has 1 saturated heterocycles. The average Bonchev–Trinajstić information content (AvgIpc) is 3.37. The summed E-state index contributed by atoms with van der Waals surface area (Å²) in [6.45, 7) is 0. The maximum absolute atomic E-state index is 12.6. The quantitative estimate of drug-likeness (QED) is 0.634. The zero-order valence-electron chi connectivity index (χ0n) is 19.2. The molecule has 2 aromatic rings. The minimum Gasteiger partial charge on any atom is -0.426 e. The first-order valence-corrected chi connectivity index (χ1v) is 11.9. The van der Waals surface area contributed by atoms with Gasteiger partial charge in [0.2, 0.25) is 0 Å². The predicted octanol–water partition coefficient (Wildman–Crippen LogP) is 3.15. The number of aliphatic imine (C=N–C) groups is 2.